The molecule has 3 heterocycles. The molecule has 2 aliphatic heterocycles. The normalized spacial score (nSPS) is 25.0. The molecule has 3 rings (SSSR count). The topological polar surface area (TPSA) is 75.5 Å². The number of amides is 2. The number of hydrogen-bond acceptors (Lipinski definition) is 5. The van der Waals surface area contributed by atoms with E-state index in [1.165, 1.54) is 0 Å². The number of ether oxygens (including phenoxy) is 1. The summed E-state index contributed by atoms with van der Waals surface area (Å²) in [4.78, 5) is 20.9. The Balaban J connectivity index is 1.63. The highest BCUT2D eigenvalue weighted by molar-refractivity contribution is 5.77. The number of fused-ring (bicyclic) bond motifs is 1. The van der Waals surface area contributed by atoms with Crippen molar-refractivity contribution in [3.63, 3.8) is 0 Å². The highest BCUT2D eigenvalue weighted by Crippen LogP contribution is 2.24. The number of carbonyl (C=O) groups excluding carboxylic acids is 1. The lowest BCUT2D eigenvalue weighted by atomic mass is 10.00. The average Bonchev–Trinajstić information content (AvgIpc) is 3.08. The molecular weight excluding hydrogens is 308 g/mol. The number of hydrogen-bond donors (Lipinski definition) is 1. The fraction of sp³-hybridized carbons (Fsp3) is 0.812. The number of nitrogens with zero attached hydrogens (tertiary/aromatic N) is 5. The number of piperidine rings is 1. The van der Waals surface area contributed by atoms with Gasteiger partial charge < -0.3 is 15.0 Å². The third kappa shape index (κ3) is 3.39. The summed E-state index contributed by atoms with van der Waals surface area (Å²) < 4.78 is 7.10. The predicted octanol–water partition coefficient (Wildman–Crippen LogP) is 0.648. The van der Waals surface area contributed by atoms with Crippen molar-refractivity contribution in [3.8, 4) is 0 Å². The number of likely N-dealkylation sites (tertiary alicyclic amines) is 1. The van der Waals surface area contributed by atoms with Crippen molar-refractivity contribution in [2.24, 2.45) is 0 Å². The predicted molar refractivity (Wildman–Crippen MR) is 89.6 cm³/mol. The summed E-state index contributed by atoms with van der Waals surface area (Å²) in [5, 5.41) is 7.48. The van der Waals surface area contributed by atoms with Crippen molar-refractivity contribution < 1.29 is 9.53 Å². The molecule has 0 spiro atoms. The molecule has 2 atom stereocenters. The van der Waals surface area contributed by atoms with Crippen LogP contribution in [0.4, 0.5) is 4.79 Å². The molecular formula is C16H28N6O2. The Morgan fingerprint density at radius 3 is 2.92 bits per heavy atom. The van der Waals surface area contributed by atoms with Crippen LogP contribution in [0, 0.1) is 0 Å². The van der Waals surface area contributed by atoms with Crippen LogP contribution in [-0.4, -0.2) is 76.0 Å². The van der Waals surface area contributed by atoms with Gasteiger partial charge in [0.2, 0.25) is 0 Å². The first-order valence-corrected chi connectivity index (χ1v) is 8.58. The van der Waals surface area contributed by atoms with E-state index in [4.69, 9.17) is 4.74 Å². The molecule has 134 valence electrons. The van der Waals surface area contributed by atoms with E-state index in [-0.39, 0.29) is 23.7 Å². The maximum Gasteiger partial charge on any atom is 0.318 e. The highest BCUT2D eigenvalue weighted by Gasteiger charge is 2.42. The number of rotatable bonds is 5. The third-order valence-corrected chi connectivity index (χ3v) is 4.79. The van der Waals surface area contributed by atoms with Crippen LogP contribution in [0.2, 0.25) is 0 Å². The van der Waals surface area contributed by atoms with Gasteiger partial charge in [0.05, 0.1) is 30.8 Å². The monoisotopic (exact) mass is 336 g/mol. The molecule has 0 aliphatic carbocycles. The van der Waals surface area contributed by atoms with Gasteiger partial charge in [-0.25, -0.2) is 14.5 Å². The van der Waals surface area contributed by atoms with Crippen LogP contribution in [0.25, 0.3) is 0 Å². The Morgan fingerprint density at radius 2 is 2.21 bits per heavy atom. The first-order chi connectivity index (χ1) is 11.4. The van der Waals surface area contributed by atoms with E-state index < -0.39 is 0 Å². The summed E-state index contributed by atoms with van der Waals surface area (Å²) in [7, 11) is 1.67. The molecule has 24 heavy (non-hydrogen) atoms. The Labute approximate surface area is 143 Å². The van der Waals surface area contributed by atoms with E-state index in [2.05, 4.69) is 41.1 Å². The van der Waals surface area contributed by atoms with Gasteiger partial charge in [-0.2, -0.15) is 5.10 Å². The first kappa shape index (κ1) is 17.2. The van der Waals surface area contributed by atoms with E-state index in [1.54, 1.807) is 13.4 Å². The first-order valence-electron chi connectivity index (χ1n) is 8.58. The second-order valence-corrected chi connectivity index (χ2v) is 7.59. The minimum Gasteiger partial charge on any atom is -0.383 e. The van der Waals surface area contributed by atoms with Crippen LogP contribution in [-0.2, 0) is 16.8 Å². The van der Waals surface area contributed by atoms with Gasteiger partial charge in [-0.3, -0.25) is 4.90 Å². The quantitative estimate of drug-likeness (QED) is 0.854. The van der Waals surface area contributed by atoms with E-state index in [1.807, 2.05) is 9.58 Å². The fourth-order valence-electron chi connectivity index (χ4n) is 3.65. The molecule has 2 saturated heterocycles. The molecule has 2 fully saturated rings. The van der Waals surface area contributed by atoms with Crippen LogP contribution in [0.3, 0.4) is 0 Å². The number of aromatic nitrogens is 3. The van der Waals surface area contributed by atoms with Gasteiger partial charge in [-0.1, -0.05) is 0 Å². The fourth-order valence-corrected chi connectivity index (χ4v) is 3.65. The lowest BCUT2D eigenvalue weighted by Crippen LogP contribution is -2.51. The minimum atomic E-state index is -0.0807. The van der Waals surface area contributed by atoms with Crippen molar-refractivity contribution in [1.29, 1.82) is 0 Å². The van der Waals surface area contributed by atoms with Gasteiger partial charge in [-0.05, 0) is 27.2 Å². The molecule has 2 amide bonds. The Hall–Kier alpha value is -1.67. The van der Waals surface area contributed by atoms with Crippen LogP contribution in [0.5, 0.6) is 0 Å². The lowest BCUT2D eigenvalue weighted by Gasteiger charge is -2.36. The summed E-state index contributed by atoms with van der Waals surface area (Å²) >= 11 is 0. The van der Waals surface area contributed by atoms with Crippen molar-refractivity contribution in [2.75, 3.05) is 33.4 Å². The van der Waals surface area contributed by atoms with Crippen molar-refractivity contribution in [3.05, 3.63) is 12.2 Å². The molecule has 1 N–H and O–H groups in total. The van der Waals surface area contributed by atoms with Gasteiger partial charge in [0, 0.05) is 26.7 Å². The van der Waals surface area contributed by atoms with E-state index in [0.717, 1.165) is 31.9 Å². The number of methoxy groups -OCH3 is 1. The molecule has 0 unspecified atom stereocenters. The Kier molecular flexibility index (Phi) is 4.78. The van der Waals surface area contributed by atoms with Crippen molar-refractivity contribution >= 4 is 6.03 Å². The molecule has 1 aromatic heterocycles. The lowest BCUT2D eigenvalue weighted by molar-refractivity contribution is 0.108. The van der Waals surface area contributed by atoms with Crippen LogP contribution in [0.1, 0.15) is 33.0 Å². The summed E-state index contributed by atoms with van der Waals surface area (Å²) in [6.07, 6.45) is 2.59. The maximum atomic E-state index is 12.2. The number of carbonyl (C=O) groups is 1. The van der Waals surface area contributed by atoms with Crippen molar-refractivity contribution in [2.45, 2.75) is 51.4 Å². The van der Waals surface area contributed by atoms with Gasteiger partial charge in [0.1, 0.15) is 12.2 Å². The SMILES string of the molecule is COCCN1C(=O)N[C@@H]2CN(Cc3ncnn3C(C)(C)C)CC[C@@H]21. The molecule has 1 aromatic rings. The third-order valence-electron chi connectivity index (χ3n) is 4.79. The minimum absolute atomic E-state index is 0.0294. The summed E-state index contributed by atoms with van der Waals surface area (Å²) in [5.74, 6) is 0.974. The number of urea groups is 1. The Bertz CT molecular complexity index is 581. The van der Waals surface area contributed by atoms with Crippen LogP contribution < -0.4 is 5.32 Å². The highest BCUT2D eigenvalue weighted by atomic mass is 16.5. The zero-order valence-corrected chi connectivity index (χ0v) is 15.0. The zero-order chi connectivity index (χ0) is 17.3. The summed E-state index contributed by atoms with van der Waals surface area (Å²) in [6.45, 7) is 10.2. The van der Waals surface area contributed by atoms with Gasteiger partial charge in [0.25, 0.3) is 0 Å². The van der Waals surface area contributed by atoms with E-state index in [9.17, 15) is 4.79 Å². The standard InChI is InChI=1S/C16H28N6O2/c1-16(2,3)22-14(17-11-18-22)10-20-6-5-13-12(9-20)19-15(23)21(13)7-8-24-4/h11-13H,5-10H2,1-4H3,(H,19,23)/t12-,13+/m1/s1. The average molecular weight is 336 g/mol. The molecule has 0 bridgehead atoms. The molecule has 0 saturated carbocycles. The van der Waals surface area contributed by atoms with Crippen molar-refractivity contribution in [1.82, 2.24) is 29.9 Å². The molecule has 0 aromatic carbocycles. The Morgan fingerprint density at radius 1 is 1.42 bits per heavy atom. The van der Waals surface area contributed by atoms with Crippen LogP contribution >= 0.6 is 0 Å². The molecule has 8 heteroatoms. The zero-order valence-electron chi connectivity index (χ0n) is 15.0. The molecule has 2 aliphatic rings. The van der Waals surface area contributed by atoms with Gasteiger partial charge >= 0.3 is 6.03 Å². The largest absolute Gasteiger partial charge is 0.383 e. The van der Waals surface area contributed by atoms with Gasteiger partial charge in [0.15, 0.2) is 0 Å². The maximum absolute atomic E-state index is 12.2. The second kappa shape index (κ2) is 6.68. The summed E-state index contributed by atoms with van der Waals surface area (Å²) in [6, 6.07) is 0.472. The molecule has 0 radical (unpaired) electrons. The smallest absolute Gasteiger partial charge is 0.318 e. The van der Waals surface area contributed by atoms with Gasteiger partial charge in [-0.15, -0.1) is 0 Å². The second-order valence-electron chi connectivity index (χ2n) is 7.59. The number of nitrogens with one attached hydrogen (secondary N) is 1. The van der Waals surface area contributed by atoms with Crippen LogP contribution in [0.15, 0.2) is 6.33 Å². The molecule has 8 nitrogen and oxygen atoms in total. The van der Waals surface area contributed by atoms with E-state index >= 15 is 0 Å². The summed E-state index contributed by atoms with van der Waals surface area (Å²) in [5.41, 5.74) is -0.0807. The van der Waals surface area contributed by atoms with E-state index in [0.29, 0.717) is 13.2 Å².